The lowest BCUT2D eigenvalue weighted by Gasteiger charge is -2.05. The Kier molecular flexibility index (Phi) is 11.3. The average Bonchev–Trinajstić information content (AvgIpc) is 2.06. The van der Waals surface area contributed by atoms with E-state index in [9.17, 15) is 4.57 Å². The summed E-state index contributed by atoms with van der Waals surface area (Å²) < 4.78 is 50.9. The molecule has 0 unspecified atom stereocenters. The van der Waals surface area contributed by atoms with Crippen LogP contribution in [0.4, 0.5) is 0 Å². The third-order valence-electron chi connectivity index (χ3n) is 1.13. The smallest absolute Gasteiger partial charge is 0.379 e. The van der Waals surface area contributed by atoms with Crippen LogP contribution >= 0.6 is 7.82 Å². The topological polar surface area (TPSA) is 151 Å². The van der Waals surface area contributed by atoms with Crippen molar-refractivity contribution in [2.75, 3.05) is 19.8 Å². The second kappa shape index (κ2) is 9.92. The van der Waals surface area contributed by atoms with E-state index < -0.39 is 18.2 Å². The number of phosphoric acid groups is 1. The maximum absolute atomic E-state index is 10.1. The van der Waals surface area contributed by atoms with Gasteiger partial charge >= 0.3 is 18.2 Å². The summed E-state index contributed by atoms with van der Waals surface area (Å²) in [7, 11) is -8.97. The molecule has 0 aromatic heterocycles. The zero-order valence-electron chi connectivity index (χ0n) is 9.22. The van der Waals surface area contributed by atoms with Gasteiger partial charge < -0.3 is 14.5 Å². The Balaban J connectivity index is 0. The van der Waals surface area contributed by atoms with Crippen molar-refractivity contribution < 1.29 is 41.1 Å². The molecule has 0 aliphatic rings. The fourth-order valence-corrected chi connectivity index (χ4v) is 0.876. The lowest BCUT2D eigenvalue weighted by Crippen LogP contribution is -2.03. The largest absolute Gasteiger partial charge is 0.469 e. The molecule has 0 bridgehead atoms. The van der Waals surface area contributed by atoms with Crippen LogP contribution in [0.5, 0.6) is 0 Å². The van der Waals surface area contributed by atoms with Gasteiger partial charge in [-0.2, -0.15) is 8.42 Å². The predicted molar refractivity (Wildman–Crippen MR) is 57.9 cm³/mol. The second-order valence-electron chi connectivity index (χ2n) is 2.74. The molecule has 106 valence electrons. The average molecular weight is 296 g/mol. The summed E-state index contributed by atoms with van der Waals surface area (Å²) in [6.07, 6.45) is 2.00. The molecule has 0 aliphatic carbocycles. The first-order valence-corrected chi connectivity index (χ1v) is 7.46. The Bertz CT molecular complexity index is 299. The molecule has 0 atom stereocenters. The molecule has 0 aliphatic heterocycles. The molecule has 0 fully saturated rings. The van der Waals surface area contributed by atoms with Gasteiger partial charge in [0, 0.05) is 6.61 Å². The van der Waals surface area contributed by atoms with Crippen molar-refractivity contribution >= 4 is 18.2 Å². The van der Waals surface area contributed by atoms with Gasteiger partial charge in [-0.25, -0.2) is 4.57 Å². The van der Waals surface area contributed by atoms with Gasteiger partial charge in [0.15, 0.2) is 0 Å². The minimum atomic E-state index is -4.67. The molecule has 0 amide bonds. The van der Waals surface area contributed by atoms with Crippen molar-refractivity contribution in [3.8, 4) is 0 Å². The van der Waals surface area contributed by atoms with E-state index >= 15 is 0 Å². The summed E-state index contributed by atoms with van der Waals surface area (Å²) >= 11 is 0. The molecule has 0 saturated carbocycles. The van der Waals surface area contributed by atoms with Gasteiger partial charge in [0.05, 0.1) is 13.2 Å². The summed E-state index contributed by atoms with van der Waals surface area (Å²) in [5.74, 6) is 0. The van der Waals surface area contributed by atoms with Crippen LogP contribution in [0.2, 0.25) is 0 Å². The Morgan fingerprint density at radius 3 is 1.94 bits per heavy atom. The quantitative estimate of drug-likeness (QED) is 0.294. The summed E-state index contributed by atoms with van der Waals surface area (Å²) in [5.41, 5.74) is 0. The maximum atomic E-state index is 10.1. The monoisotopic (exact) mass is 296 g/mol. The molecular formula is C6H17O9PS. The highest BCUT2D eigenvalue weighted by Gasteiger charge is 2.12. The van der Waals surface area contributed by atoms with E-state index in [1.54, 1.807) is 0 Å². The highest BCUT2D eigenvalue weighted by Crippen LogP contribution is 2.35. The first-order valence-electron chi connectivity index (χ1n) is 4.54. The van der Waals surface area contributed by atoms with Crippen LogP contribution < -0.4 is 0 Å². The fourth-order valence-electron chi connectivity index (χ4n) is 0.564. The van der Waals surface area contributed by atoms with E-state index in [0.29, 0.717) is 6.61 Å². The Hall–Kier alpha value is -0.0600. The summed E-state index contributed by atoms with van der Waals surface area (Å²) in [4.78, 5) is 16.5. The number of phosphoric ester groups is 1. The van der Waals surface area contributed by atoms with Crippen molar-refractivity contribution in [3.05, 3.63) is 0 Å². The molecule has 17 heavy (non-hydrogen) atoms. The first-order chi connectivity index (χ1) is 7.56. The highest BCUT2D eigenvalue weighted by atomic mass is 32.3. The van der Waals surface area contributed by atoms with Crippen molar-refractivity contribution in [1.82, 2.24) is 0 Å². The second-order valence-corrected chi connectivity index (χ2v) is 4.87. The van der Waals surface area contributed by atoms with Gasteiger partial charge in [0.1, 0.15) is 0 Å². The molecule has 0 aromatic rings. The van der Waals surface area contributed by atoms with Crippen LogP contribution in [0.3, 0.4) is 0 Å². The van der Waals surface area contributed by atoms with E-state index in [0.717, 1.165) is 12.8 Å². The van der Waals surface area contributed by atoms with Gasteiger partial charge in [0.25, 0.3) is 0 Å². The molecule has 0 aromatic carbocycles. The molecule has 4 N–H and O–H groups in total. The van der Waals surface area contributed by atoms with Gasteiger partial charge in [-0.3, -0.25) is 13.6 Å². The molecule has 0 radical (unpaired) electrons. The molecular weight excluding hydrogens is 279 g/mol. The van der Waals surface area contributed by atoms with Gasteiger partial charge in [-0.1, -0.05) is 13.3 Å². The van der Waals surface area contributed by atoms with E-state index in [1.165, 1.54) is 0 Å². The van der Waals surface area contributed by atoms with Crippen LogP contribution in [-0.4, -0.2) is 47.1 Å². The van der Waals surface area contributed by atoms with Gasteiger partial charge in [0.2, 0.25) is 0 Å². The van der Waals surface area contributed by atoms with Crippen molar-refractivity contribution in [1.29, 1.82) is 0 Å². The van der Waals surface area contributed by atoms with Crippen molar-refractivity contribution in [2.45, 2.75) is 19.8 Å². The minimum absolute atomic E-state index is 0.0615. The van der Waals surface area contributed by atoms with Crippen LogP contribution in [0.25, 0.3) is 0 Å². The molecule has 0 spiro atoms. The SMILES string of the molecule is CCCCOCCOP(=O)(O)O.O=S(=O)(O)O. The number of rotatable bonds is 7. The summed E-state index contributed by atoms with van der Waals surface area (Å²) in [6.45, 7) is 2.82. The lowest BCUT2D eigenvalue weighted by molar-refractivity contribution is 0.0839. The Labute approximate surface area is 99.6 Å². The van der Waals surface area contributed by atoms with Crippen molar-refractivity contribution in [2.24, 2.45) is 0 Å². The number of hydrogen-bond acceptors (Lipinski definition) is 5. The zero-order chi connectivity index (χ0) is 13.9. The molecule has 0 saturated heterocycles. The van der Waals surface area contributed by atoms with E-state index in [1.807, 2.05) is 6.92 Å². The molecule has 9 nitrogen and oxygen atoms in total. The maximum Gasteiger partial charge on any atom is 0.469 e. The van der Waals surface area contributed by atoms with Crippen LogP contribution in [-0.2, 0) is 24.2 Å². The Morgan fingerprint density at radius 1 is 1.12 bits per heavy atom. The fraction of sp³-hybridized carbons (Fsp3) is 1.00. The zero-order valence-corrected chi connectivity index (χ0v) is 10.9. The standard InChI is InChI=1S/C6H15O5P.H2O4S/c1-2-3-4-10-5-6-11-12(7,8)9;1-5(2,3)4/h2-6H2,1H3,(H2,7,8,9);(H2,1,2,3,4). The summed E-state index contributed by atoms with van der Waals surface area (Å²) in [5, 5.41) is 0. The summed E-state index contributed by atoms with van der Waals surface area (Å²) in [6, 6.07) is 0. The Morgan fingerprint density at radius 2 is 1.59 bits per heavy atom. The number of hydrogen-bond donors (Lipinski definition) is 4. The van der Waals surface area contributed by atoms with E-state index in [4.69, 9.17) is 32.0 Å². The minimum Gasteiger partial charge on any atom is -0.379 e. The van der Waals surface area contributed by atoms with Gasteiger partial charge in [-0.15, -0.1) is 0 Å². The van der Waals surface area contributed by atoms with Crippen molar-refractivity contribution in [3.63, 3.8) is 0 Å². The molecule has 0 heterocycles. The lowest BCUT2D eigenvalue weighted by atomic mass is 10.4. The van der Waals surface area contributed by atoms with E-state index in [-0.39, 0.29) is 13.2 Å². The number of ether oxygens (including phenoxy) is 1. The third-order valence-corrected chi connectivity index (χ3v) is 1.65. The van der Waals surface area contributed by atoms with Crippen LogP contribution in [0.15, 0.2) is 0 Å². The molecule has 11 heteroatoms. The van der Waals surface area contributed by atoms with Crippen LogP contribution in [0.1, 0.15) is 19.8 Å². The third kappa shape index (κ3) is 38.8. The van der Waals surface area contributed by atoms with Crippen LogP contribution in [0, 0.1) is 0 Å². The normalized spacial score (nSPS) is 11.8. The van der Waals surface area contributed by atoms with Gasteiger partial charge in [-0.05, 0) is 6.42 Å². The van der Waals surface area contributed by atoms with E-state index in [2.05, 4.69) is 4.52 Å². The first kappa shape index (κ1) is 19.3. The highest BCUT2D eigenvalue weighted by molar-refractivity contribution is 7.79. The number of unbranched alkanes of at least 4 members (excludes halogenated alkanes) is 1. The molecule has 0 rings (SSSR count). The predicted octanol–water partition coefficient (Wildman–Crippen LogP) is 0.260.